The zero-order valence-corrected chi connectivity index (χ0v) is 10.1. The number of hydrogen-bond acceptors (Lipinski definition) is 3. The molecule has 2 heterocycles. The molecule has 5 heteroatoms. The van der Waals surface area contributed by atoms with Gasteiger partial charge in [-0.25, -0.2) is 0 Å². The largest absolute Gasteiger partial charge is 0.354 e. The molecule has 0 radical (unpaired) electrons. The minimum absolute atomic E-state index is 0.0215. The van der Waals surface area contributed by atoms with Crippen LogP contribution in [0, 0.1) is 0 Å². The summed E-state index contributed by atoms with van der Waals surface area (Å²) in [5.41, 5.74) is 0. The number of nitrogens with one attached hydrogen (secondary N) is 3. The van der Waals surface area contributed by atoms with E-state index in [-0.39, 0.29) is 23.9 Å². The van der Waals surface area contributed by atoms with Crippen molar-refractivity contribution in [1.82, 2.24) is 16.0 Å². The number of carbonyl (C=O) groups is 2. The van der Waals surface area contributed by atoms with Crippen LogP contribution in [0.3, 0.4) is 0 Å². The Morgan fingerprint density at radius 2 is 1.88 bits per heavy atom. The van der Waals surface area contributed by atoms with E-state index in [0.29, 0.717) is 0 Å². The van der Waals surface area contributed by atoms with Crippen molar-refractivity contribution in [2.75, 3.05) is 13.1 Å². The molecule has 17 heavy (non-hydrogen) atoms. The summed E-state index contributed by atoms with van der Waals surface area (Å²) in [5, 5.41) is 8.89. The fraction of sp³-hybridized carbons (Fsp3) is 0.833. The molecule has 0 aliphatic carbocycles. The van der Waals surface area contributed by atoms with Crippen molar-refractivity contribution in [2.24, 2.45) is 0 Å². The molecule has 0 aromatic rings. The first-order chi connectivity index (χ1) is 8.27. The van der Waals surface area contributed by atoms with Crippen LogP contribution >= 0.6 is 0 Å². The lowest BCUT2D eigenvalue weighted by molar-refractivity contribution is -0.130. The second kappa shape index (κ2) is 6.00. The first-order valence-corrected chi connectivity index (χ1v) is 6.59. The van der Waals surface area contributed by atoms with Crippen molar-refractivity contribution < 1.29 is 9.59 Å². The Kier molecular flexibility index (Phi) is 4.36. The Morgan fingerprint density at radius 3 is 2.65 bits per heavy atom. The fourth-order valence-electron chi connectivity index (χ4n) is 2.42. The summed E-state index contributed by atoms with van der Waals surface area (Å²) >= 11 is 0. The maximum Gasteiger partial charge on any atom is 0.242 e. The van der Waals surface area contributed by atoms with E-state index in [1.165, 1.54) is 0 Å². The topological polar surface area (TPSA) is 70.2 Å². The van der Waals surface area contributed by atoms with E-state index >= 15 is 0 Å². The van der Waals surface area contributed by atoms with Crippen molar-refractivity contribution in [1.29, 1.82) is 0 Å². The van der Waals surface area contributed by atoms with Crippen LogP contribution in [0.4, 0.5) is 0 Å². The molecule has 2 atom stereocenters. The SMILES string of the molecule is O=C1NCCCCC1NC(=O)[C@@H]1CCCCN1. The van der Waals surface area contributed by atoms with Crippen LogP contribution in [0.15, 0.2) is 0 Å². The minimum atomic E-state index is -0.339. The number of piperidine rings is 1. The Balaban J connectivity index is 1.85. The monoisotopic (exact) mass is 239 g/mol. The third-order valence-corrected chi connectivity index (χ3v) is 3.48. The Labute approximate surface area is 102 Å². The van der Waals surface area contributed by atoms with E-state index in [4.69, 9.17) is 0 Å². The van der Waals surface area contributed by atoms with Gasteiger partial charge in [0.25, 0.3) is 0 Å². The molecule has 0 saturated carbocycles. The summed E-state index contributed by atoms with van der Waals surface area (Å²) in [6.45, 7) is 1.63. The van der Waals surface area contributed by atoms with Crippen LogP contribution in [-0.4, -0.2) is 37.0 Å². The van der Waals surface area contributed by atoms with Crippen LogP contribution in [0.2, 0.25) is 0 Å². The maximum atomic E-state index is 12.0. The molecule has 2 aliphatic rings. The van der Waals surface area contributed by atoms with Gasteiger partial charge in [0.1, 0.15) is 6.04 Å². The minimum Gasteiger partial charge on any atom is -0.354 e. The summed E-state index contributed by atoms with van der Waals surface area (Å²) in [6.07, 6.45) is 5.84. The molecule has 2 amide bonds. The second-order valence-electron chi connectivity index (χ2n) is 4.85. The zero-order chi connectivity index (χ0) is 12.1. The van der Waals surface area contributed by atoms with Gasteiger partial charge in [-0.2, -0.15) is 0 Å². The normalized spacial score (nSPS) is 30.2. The zero-order valence-electron chi connectivity index (χ0n) is 10.1. The quantitative estimate of drug-likeness (QED) is 0.631. The van der Waals surface area contributed by atoms with Gasteiger partial charge in [0.05, 0.1) is 6.04 Å². The summed E-state index contributed by atoms with van der Waals surface area (Å²) in [7, 11) is 0. The molecule has 0 spiro atoms. The molecular weight excluding hydrogens is 218 g/mol. The molecular formula is C12H21N3O2. The molecule has 0 aromatic heterocycles. The van der Waals surface area contributed by atoms with Gasteiger partial charge in [-0.15, -0.1) is 0 Å². The van der Waals surface area contributed by atoms with E-state index in [1.54, 1.807) is 0 Å². The van der Waals surface area contributed by atoms with Crippen molar-refractivity contribution in [3.8, 4) is 0 Å². The second-order valence-corrected chi connectivity index (χ2v) is 4.85. The van der Waals surface area contributed by atoms with Crippen LogP contribution in [0.5, 0.6) is 0 Å². The molecule has 1 unspecified atom stereocenters. The van der Waals surface area contributed by atoms with Gasteiger partial charge in [0.15, 0.2) is 0 Å². The van der Waals surface area contributed by atoms with E-state index < -0.39 is 0 Å². The molecule has 2 saturated heterocycles. The Morgan fingerprint density at radius 1 is 1.12 bits per heavy atom. The molecule has 2 aliphatic heterocycles. The van der Waals surface area contributed by atoms with Crippen LogP contribution in [-0.2, 0) is 9.59 Å². The van der Waals surface area contributed by atoms with Crippen molar-refractivity contribution in [3.05, 3.63) is 0 Å². The Bertz CT molecular complexity index is 287. The van der Waals surface area contributed by atoms with Crippen molar-refractivity contribution in [3.63, 3.8) is 0 Å². The van der Waals surface area contributed by atoms with E-state index in [1.807, 2.05) is 0 Å². The highest BCUT2D eigenvalue weighted by atomic mass is 16.2. The third kappa shape index (κ3) is 3.43. The Hall–Kier alpha value is -1.10. The molecule has 0 aromatic carbocycles. The van der Waals surface area contributed by atoms with E-state index in [9.17, 15) is 9.59 Å². The summed E-state index contributed by atoms with van der Waals surface area (Å²) in [4.78, 5) is 23.7. The highest BCUT2D eigenvalue weighted by Gasteiger charge is 2.26. The van der Waals surface area contributed by atoms with Gasteiger partial charge < -0.3 is 16.0 Å². The maximum absolute atomic E-state index is 12.0. The van der Waals surface area contributed by atoms with Crippen molar-refractivity contribution in [2.45, 2.75) is 50.6 Å². The smallest absolute Gasteiger partial charge is 0.242 e. The lowest BCUT2D eigenvalue weighted by atomic mass is 10.0. The summed E-state index contributed by atoms with van der Waals surface area (Å²) in [5.74, 6) is -0.0570. The predicted octanol–water partition coefficient (Wildman–Crippen LogP) is -0.0866. The fourth-order valence-corrected chi connectivity index (χ4v) is 2.42. The first kappa shape index (κ1) is 12.4. The van der Waals surface area contributed by atoms with Crippen LogP contribution in [0.25, 0.3) is 0 Å². The van der Waals surface area contributed by atoms with Crippen LogP contribution < -0.4 is 16.0 Å². The highest BCUT2D eigenvalue weighted by molar-refractivity contribution is 5.89. The molecule has 3 N–H and O–H groups in total. The van der Waals surface area contributed by atoms with Gasteiger partial charge in [0, 0.05) is 6.54 Å². The molecule has 2 rings (SSSR count). The summed E-state index contributed by atoms with van der Waals surface area (Å²) < 4.78 is 0. The molecule has 5 nitrogen and oxygen atoms in total. The van der Waals surface area contributed by atoms with Gasteiger partial charge in [-0.05, 0) is 38.6 Å². The average molecular weight is 239 g/mol. The van der Waals surface area contributed by atoms with Gasteiger partial charge in [-0.1, -0.05) is 6.42 Å². The van der Waals surface area contributed by atoms with Crippen molar-refractivity contribution >= 4 is 11.8 Å². The van der Waals surface area contributed by atoms with E-state index in [0.717, 1.165) is 51.6 Å². The lowest BCUT2D eigenvalue weighted by Crippen LogP contribution is -2.53. The predicted molar refractivity (Wildman–Crippen MR) is 64.4 cm³/mol. The number of rotatable bonds is 2. The number of hydrogen-bond donors (Lipinski definition) is 3. The average Bonchev–Trinajstić information content (AvgIpc) is 2.56. The summed E-state index contributed by atoms with van der Waals surface area (Å²) in [6, 6.07) is -0.450. The molecule has 96 valence electrons. The number of amides is 2. The lowest BCUT2D eigenvalue weighted by Gasteiger charge is -2.24. The standard InChI is InChI=1S/C12H21N3O2/c16-11-10(6-2-4-8-14-11)15-12(17)9-5-1-3-7-13-9/h9-10,13H,1-8H2,(H,14,16)(H,15,17)/t9-,10?/m0/s1. The van der Waals surface area contributed by atoms with Crippen LogP contribution in [0.1, 0.15) is 38.5 Å². The highest BCUT2D eigenvalue weighted by Crippen LogP contribution is 2.09. The molecule has 2 fully saturated rings. The number of carbonyl (C=O) groups excluding carboxylic acids is 2. The van der Waals surface area contributed by atoms with Gasteiger partial charge >= 0.3 is 0 Å². The van der Waals surface area contributed by atoms with E-state index in [2.05, 4.69) is 16.0 Å². The first-order valence-electron chi connectivity index (χ1n) is 6.59. The van der Waals surface area contributed by atoms with Gasteiger partial charge in [0.2, 0.25) is 11.8 Å². The third-order valence-electron chi connectivity index (χ3n) is 3.48. The molecule has 0 bridgehead atoms. The van der Waals surface area contributed by atoms with Gasteiger partial charge in [-0.3, -0.25) is 9.59 Å².